The molecule has 0 unspecified atom stereocenters. The zero-order valence-corrected chi connectivity index (χ0v) is 31.4. The number of amides is 1. The normalized spacial score (nSPS) is 16.5. The van der Waals surface area contributed by atoms with E-state index < -0.39 is 32.4 Å². The Morgan fingerprint density at radius 2 is 1.77 bits per heavy atom. The minimum Gasteiger partial charge on any atom is -0.464 e. The highest BCUT2D eigenvalue weighted by Gasteiger charge is 2.26. The number of rotatable bonds is 21. The quantitative estimate of drug-likeness (QED) is 0.0470. The molecule has 1 aliphatic heterocycles. The second kappa shape index (κ2) is 20.7. The van der Waals surface area contributed by atoms with Crippen molar-refractivity contribution in [3.63, 3.8) is 0 Å². The fourth-order valence-corrected chi connectivity index (χ4v) is 7.00. The Labute approximate surface area is 310 Å². The summed E-state index contributed by atoms with van der Waals surface area (Å²) in [6.45, 7) is 4.90. The summed E-state index contributed by atoms with van der Waals surface area (Å²) in [5, 5.41) is 23.6. The van der Waals surface area contributed by atoms with Crippen molar-refractivity contribution >= 4 is 42.1 Å². The lowest BCUT2D eigenvalue weighted by Gasteiger charge is -2.33. The molecule has 8 N–H and O–H groups in total. The van der Waals surface area contributed by atoms with E-state index in [0.29, 0.717) is 50.3 Å². The van der Waals surface area contributed by atoms with Crippen molar-refractivity contribution < 1.29 is 28.7 Å². The Kier molecular flexibility index (Phi) is 15.8. The van der Waals surface area contributed by atoms with E-state index in [1.807, 2.05) is 35.1 Å². The van der Waals surface area contributed by atoms with Crippen LogP contribution in [0.1, 0.15) is 76.3 Å². The summed E-state index contributed by atoms with van der Waals surface area (Å²) in [6, 6.07) is 7.58. The molecule has 2 aliphatic rings. The number of nitrogens with one attached hydrogen (secondary N) is 4. The van der Waals surface area contributed by atoms with Gasteiger partial charge in [0.2, 0.25) is 11.9 Å². The molecule has 0 radical (unpaired) electrons. The lowest BCUT2D eigenvalue weighted by Crippen LogP contribution is -2.43. The number of benzene rings is 1. The summed E-state index contributed by atoms with van der Waals surface area (Å²) >= 11 is 0. The highest BCUT2D eigenvalue weighted by atomic mass is 31.2. The Morgan fingerprint density at radius 1 is 1.00 bits per heavy atom. The molecule has 0 spiro atoms. The van der Waals surface area contributed by atoms with Crippen LogP contribution in [0.5, 0.6) is 0 Å². The minimum atomic E-state index is -4.27. The average molecular weight is 758 g/mol. The number of nitrogens with two attached hydrogens (primary N) is 1. The number of hydrogen-bond donors (Lipinski definition) is 7. The van der Waals surface area contributed by atoms with Gasteiger partial charge >= 0.3 is 13.6 Å². The lowest BCUT2D eigenvalue weighted by atomic mass is 9.95. The third-order valence-corrected chi connectivity index (χ3v) is 10.5. The van der Waals surface area contributed by atoms with E-state index in [1.165, 1.54) is 32.1 Å². The molecular weight excluding hydrogens is 701 g/mol. The molecule has 1 atom stereocenters. The summed E-state index contributed by atoms with van der Waals surface area (Å²) < 4.78 is 17.6. The van der Waals surface area contributed by atoms with Crippen molar-refractivity contribution in [3.05, 3.63) is 36.2 Å². The molecule has 17 nitrogen and oxygen atoms in total. The molecule has 0 bridgehead atoms. The second-order valence-corrected chi connectivity index (χ2v) is 15.8. The van der Waals surface area contributed by atoms with Crippen molar-refractivity contribution in [2.45, 2.75) is 102 Å². The monoisotopic (exact) mass is 757 g/mol. The minimum absolute atomic E-state index is 0.0712. The highest BCUT2D eigenvalue weighted by Crippen LogP contribution is 2.33. The van der Waals surface area contributed by atoms with E-state index in [1.54, 1.807) is 4.90 Å². The van der Waals surface area contributed by atoms with Gasteiger partial charge in [0, 0.05) is 43.5 Å². The fraction of sp³-hybridized carbons (Fsp3) is 0.657. The van der Waals surface area contributed by atoms with Crippen LogP contribution in [0.25, 0.3) is 10.9 Å². The van der Waals surface area contributed by atoms with Crippen molar-refractivity contribution in [2.75, 3.05) is 56.1 Å². The second-order valence-electron chi connectivity index (χ2n) is 14.0. The first-order valence-electron chi connectivity index (χ1n) is 19.0. The van der Waals surface area contributed by atoms with Gasteiger partial charge in [0.1, 0.15) is 24.2 Å². The van der Waals surface area contributed by atoms with Crippen LogP contribution in [0, 0.1) is 0 Å². The molecule has 18 heteroatoms. The van der Waals surface area contributed by atoms with Crippen LogP contribution >= 0.6 is 7.60 Å². The van der Waals surface area contributed by atoms with E-state index in [-0.39, 0.29) is 24.8 Å². The van der Waals surface area contributed by atoms with Gasteiger partial charge in [-0.1, -0.05) is 36.6 Å². The summed E-state index contributed by atoms with van der Waals surface area (Å²) in [4.78, 5) is 53.9. The molecule has 1 saturated carbocycles. The third kappa shape index (κ3) is 13.9. The first kappa shape index (κ1) is 40.5. The van der Waals surface area contributed by atoms with E-state index in [4.69, 9.17) is 30.2 Å². The van der Waals surface area contributed by atoms with Crippen LogP contribution in [-0.4, -0.2) is 115 Å². The maximum atomic E-state index is 12.8. The standard InChI is InChI=1S/C35H56N11O6P/c36-30(34(48)52-22-23-53(49,50)51)12-13-32(47)45-20-14-27(15-21-45)40-33-29-10-4-5-11-31(29)41-35(42-33)39-24-28-25-46(44-43-28)19-7-17-37-16-6-18-38-26-8-2-1-3-9-26/h4-5,10-11,25-27,30,37-38H,1-3,6-9,12-24,36H2,(H2,49,50,51)(H2,39,40,41,42)/t30-/m0/s1. The van der Waals surface area contributed by atoms with Gasteiger partial charge in [0.15, 0.2) is 0 Å². The number of hydrogen-bond acceptors (Lipinski definition) is 13. The Balaban J connectivity index is 1.01. The van der Waals surface area contributed by atoms with Gasteiger partial charge in [-0.15, -0.1) is 5.10 Å². The Morgan fingerprint density at radius 3 is 2.57 bits per heavy atom. The van der Waals surface area contributed by atoms with Gasteiger partial charge in [0.05, 0.1) is 24.4 Å². The molecule has 3 heterocycles. The molecule has 2 fully saturated rings. The van der Waals surface area contributed by atoms with Crippen LogP contribution in [0.4, 0.5) is 11.8 Å². The molecule has 292 valence electrons. The maximum absolute atomic E-state index is 12.8. The number of piperidine rings is 1. The van der Waals surface area contributed by atoms with Crippen LogP contribution in [0.2, 0.25) is 0 Å². The van der Waals surface area contributed by atoms with E-state index >= 15 is 0 Å². The average Bonchev–Trinajstić information content (AvgIpc) is 3.61. The van der Waals surface area contributed by atoms with Gasteiger partial charge in [-0.3, -0.25) is 18.8 Å². The zero-order chi connectivity index (χ0) is 37.5. The number of carbonyl (C=O) groups is 2. The first-order valence-corrected chi connectivity index (χ1v) is 20.8. The van der Waals surface area contributed by atoms with Crippen LogP contribution in [-0.2, 0) is 32.0 Å². The van der Waals surface area contributed by atoms with Gasteiger partial charge in [-0.2, -0.15) is 4.98 Å². The highest BCUT2D eigenvalue weighted by molar-refractivity contribution is 7.51. The van der Waals surface area contributed by atoms with E-state index in [2.05, 4.69) is 31.6 Å². The Bertz CT molecular complexity index is 1640. The third-order valence-electron chi connectivity index (χ3n) is 9.71. The van der Waals surface area contributed by atoms with Crippen molar-refractivity contribution in [1.29, 1.82) is 0 Å². The Hall–Kier alpha value is -3.73. The maximum Gasteiger partial charge on any atom is 0.328 e. The topological polar surface area (TPSA) is 235 Å². The summed E-state index contributed by atoms with van der Waals surface area (Å²) in [5.41, 5.74) is 7.44. The van der Waals surface area contributed by atoms with Crippen molar-refractivity contribution in [2.24, 2.45) is 5.73 Å². The fourth-order valence-electron chi connectivity index (χ4n) is 6.68. The van der Waals surface area contributed by atoms with E-state index in [9.17, 15) is 14.2 Å². The van der Waals surface area contributed by atoms with Gasteiger partial charge in [0.25, 0.3) is 0 Å². The zero-order valence-electron chi connectivity index (χ0n) is 30.5. The van der Waals surface area contributed by atoms with Gasteiger partial charge in [-0.25, -0.2) is 4.98 Å². The molecule has 3 aromatic rings. The smallest absolute Gasteiger partial charge is 0.328 e. The molecule has 1 saturated heterocycles. The molecular formula is C35H56N11O6P. The number of ether oxygens (including phenoxy) is 1. The molecule has 1 aliphatic carbocycles. The predicted molar refractivity (Wildman–Crippen MR) is 202 cm³/mol. The largest absolute Gasteiger partial charge is 0.464 e. The summed E-state index contributed by atoms with van der Waals surface area (Å²) in [7, 11) is -4.27. The SMILES string of the molecule is N[C@@H](CCC(=O)N1CCC(Nc2nc(NCc3cn(CCCNCCCNC4CCCCC4)nn3)nc3ccccc23)CC1)C(=O)OCCP(=O)(O)O. The predicted octanol–water partition coefficient (Wildman–Crippen LogP) is 2.36. The summed E-state index contributed by atoms with van der Waals surface area (Å²) in [5.74, 6) is 0.301. The number of aryl methyl sites for hydroxylation is 1. The lowest BCUT2D eigenvalue weighted by molar-refractivity contribution is -0.145. The number of para-hydroxylation sites is 1. The number of fused-ring (bicyclic) bond motifs is 1. The number of carbonyl (C=O) groups excluding carboxylic acids is 2. The van der Waals surface area contributed by atoms with Crippen molar-refractivity contribution in [3.8, 4) is 0 Å². The molecule has 53 heavy (non-hydrogen) atoms. The number of likely N-dealkylation sites (tertiary alicyclic amines) is 1. The van der Waals surface area contributed by atoms with Gasteiger partial charge < -0.3 is 46.4 Å². The van der Waals surface area contributed by atoms with Crippen molar-refractivity contribution in [1.82, 2.24) is 40.5 Å². The number of nitrogens with zero attached hydrogens (tertiary/aromatic N) is 6. The van der Waals surface area contributed by atoms with Crippen LogP contribution in [0.15, 0.2) is 30.5 Å². The molecule has 1 amide bonds. The van der Waals surface area contributed by atoms with Gasteiger partial charge in [-0.05, 0) is 76.7 Å². The number of anilines is 2. The number of aromatic nitrogens is 5. The molecule has 5 rings (SSSR count). The summed E-state index contributed by atoms with van der Waals surface area (Å²) in [6.07, 6.45) is 11.8. The van der Waals surface area contributed by atoms with E-state index in [0.717, 1.165) is 55.6 Å². The van der Waals surface area contributed by atoms with Crippen LogP contribution < -0.4 is 27.0 Å². The number of esters is 1. The first-order chi connectivity index (χ1) is 25.6. The van der Waals surface area contributed by atoms with Crippen LogP contribution in [0.3, 0.4) is 0 Å². The molecule has 2 aromatic heterocycles. The molecule has 1 aromatic carbocycles.